The van der Waals surface area contributed by atoms with Gasteiger partial charge in [-0.2, -0.15) is 11.8 Å². The maximum absolute atomic E-state index is 12.8. The first-order chi connectivity index (χ1) is 13.1. The van der Waals surface area contributed by atoms with E-state index in [1.807, 2.05) is 47.8 Å². The second kappa shape index (κ2) is 9.14. The first-order valence-corrected chi connectivity index (χ1v) is 10.1. The maximum atomic E-state index is 12.8. The van der Waals surface area contributed by atoms with Crippen molar-refractivity contribution in [1.82, 2.24) is 20.2 Å². The lowest BCUT2D eigenvalue weighted by molar-refractivity contribution is -0.122. The van der Waals surface area contributed by atoms with Crippen molar-refractivity contribution < 1.29 is 14.3 Å². The molecule has 0 aliphatic carbocycles. The minimum atomic E-state index is -0.391. The Labute approximate surface area is 163 Å². The molecule has 2 N–H and O–H groups in total. The number of carbonyl (C=O) groups excluding carboxylic acids is 1. The molecule has 8 heteroatoms. The van der Waals surface area contributed by atoms with Crippen molar-refractivity contribution in [3.05, 3.63) is 42.0 Å². The molecule has 2 aromatic rings. The zero-order valence-corrected chi connectivity index (χ0v) is 16.7. The van der Waals surface area contributed by atoms with E-state index in [-0.39, 0.29) is 11.9 Å². The van der Waals surface area contributed by atoms with Crippen LogP contribution in [0.25, 0.3) is 0 Å². The van der Waals surface area contributed by atoms with E-state index in [2.05, 4.69) is 15.6 Å². The van der Waals surface area contributed by atoms with Gasteiger partial charge in [0.2, 0.25) is 5.91 Å². The Morgan fingerprint density at radius 3 is 2.67 bits per heavy atom. The van der Waals surface area contributed by atoms with Gasteiger partial charge >= 0.3 is 0 Å². The van der Waals surface area contributed by atoms with Gasteiger partial charge in [-0.05, 0) is 17.7 Å². The maximum Gasteiger partial charge on any atom is 0.222 e. The van der Waals surface area contributed by atoms with Gasteiger partial charge in [-0.3, -0.25) is 4.79 Å². The molecule has 7 nitrogen and oxygen atoms in total. The minimum Gasteiger partial charge on any atom is -0.497 e. The molecule has 2 atom stereocenters. The number of amides is 1. The largest absolute Gasteiger partial charge is 0.497 e. The fourth-order valence-corrected chi connectivity index (χ4v) is 4.09. The molecule has 1 fully saturated rings. The van der Waals surface area contributed by atoms with Crippen LogP contribution in [0.3, 0.4) is 0 Å². The van der Waals surface area contributed by atoms with Gasteiger partial charge in [0.1, 0.15) is 23.4 Å². The van der Waals surface area contributed by atoms with Crippen molar-refractivity contribution in [1.29, 1.82) is 0 Å². The summed E-state index contributed by atoms with van der Waals surface area (Å²) in [5, 5.41) is 6.55. The molecule has 1 aromatic heterocycles. The van der Waals surface area contributed by atoms with E-state index in [0.29, 0.717) is 17.9 Å². The lowest BCUT2D eigenvalue weighted by Crippen LogP contribution is -2.42. The second-order valence-electron chi connectivity index (χ2n) is 6.47. The fraction of sp³-hybridized carbons (Fsp3) is 0.474. The normalized spacial score (nSPS) is 18.0. The number of hydrogen-bond donors (Lipinski definition) is 2. The molecule has 3 rings (SSSR count). The summed E-state index contributed by atoms with van der Waals surface area (Å²) >= 11 is 1.88. The van der Waals surface area contributed by atoms with E-state index < -0.39 is 6.04 Å². The van der Waals surface area contributed by atoms with Crippen LogP contribution in [-0.4, -0.2) is 53.8 Å². The fourth-order valence-electron chi connectivity index (χ4n) is 3.14. The monoisotopic (exact) mass is 390 g/mol. The highest BCUT2D eigenvalue weighted by atomic mass is 32.2. The van der Waals surface area contributed by atoms with Crippen LogP contribution >= 0.6 is 11.8 Å². The Morgan fingerprint density at radius 1 is 1.37 bits per heavy atom. The van der Waals surface area contributed by atoms with Crippen molar-refractivity contribution in [2.75, 3.05) is 32.3 Å². The third-order valence-corrected chi connectivity index (χ3v) is 5.69. The number of methoxy groups -OCH3 is 2. The van der Waals surface area contributed by atoms with Crippen LogP contribution in [0.15, 0.2) is 30.6 Å². The Bertz CT molecular complexity index is 752. The highest BCUT2D eigenvalue weighted by molar-refractivity contribution is 7.99. The number of nitrogens with zero attached hydrogens (tertiary/aromatic N) is 2. The molecule has 1 aromatic carbocycles. The van der Waals surface area contributed by atoms with E-state index in [0.717, 1.165) is 29.4 Å². The van der Waals surface area contributed by atoms with Crippen molar-refractivity contribution in [2.45, 2.75) is 18.5 Å². The Kier molecular flexibility index (Phi) is 6.63. The van der Waals surface area contributed by atoms with E-state index >= 15 is 0 Å². The number of hydrogen-bond acceptors (Lipinski definition) is 6. The molecule has 27 heavy (non-hydrogen) atoms. The summed E-state index contributed by atoms with van der Waals surface area (Å²) in [6.07, 6.45) is 4.03. The average Bonchev–Trinajstić information content (AvgIpc) is 3.12. The zero-order chi connectivity index (χ0) is 19.2. The molecule has 2 unspecified atom stereocenters. The third-order valence-electron chi connectivity index (χ3n) is 4.56. The first kappa shape index (κ1) is 19.6. The van der Waals surface area contributed by atoms with Crippen LogP contribution in [0.5, 0.6) is 11.5 Å². The summed E-state index contributed by atoms with van der Waals surface area (Å²) < 4.78 is 12.7. The van der Waals surface area contributed by atoms with E-state index in [9.17, 15) is 4.79 Å². The Hall–Kier alpha value is -2.19. The topological polar surface area (TPSA) is 77.4 Å². The molecule has 1 amide bonds. The molecule has 0 spiro atoms. The molecule has 1 aliphatic rings. The summed E-state index contributed by atoms with van der Waals surface area (Å²) in [6.45, 7) is 0.943. The van der Waals surface area contributed by atoms with Gasteiger partial charge in [0.05, 0.1) is 14.2 Å². The van der Waals surface area contributed by atoms with Crippen LogP contribution in [0, 0.1) is 0 Å². The van der Waals surface area contributed by atoms with Gasteiger partial charge in [0.15, 0.2) is 0 Å². The quantitative estimate of drug-likeness (QED) is 0.750. The number of nitrogens with one attached hydrogen (secondary N) is 2. The molecule has 0 bridgehead atoms. The Balaban J connectivity index is 1.85. The molecular formula is C19H26N4O3S. The Morgan fingerprint density at radius 2 is 2.11 bits per heavy atom. The van der Waals surface area contributed by atoms with Crippen molar-refractivity contribution in [3.63, 3.8) is 0 Å². The molecular weight excluding hydrogens is 364 g/mol. The predicted octanol–water partition coefficient (Wildman–Crippen LogP) is 1.74. The molecule has 2 heterocycles. The highest BCUT2D eigenvalue weighted by Gasteiger charge is 2.24. The van der Waals surface area contributed by atoms with Gasteiger partial charge in [0, 0.05) is 56.0 Å². The van der Waals surface area contributed by atoms with Crippen LogP contribution < -0.4 is 20.1 Å². The summed E-state index contributed by atoms with van der Waals surface area (Å²) in [5.74, 6) is 4.13. The number of aromatic nitrogens is 2. The van der Waals surface area contributed by atoms with Crippen molar-refractivity contribution in [3.8, 4) is 11.5 Å². The van der Waals surface area contributed by atoms with Gasteiger partial charge in [-0.25, -0.2) is 4.98 Å². The van der Waals surface area contributed by atoms with Gasteiger partial charge in [-0.1, -0.05) is 0 Å². The molecule has 146 valence electrons. The SMILES string of the molecule is COc1cc(OC)cc(C(NC(=O)CC2CSCCN2)c2nccn2C)c1. The number of benzene rings is 1. The van der Waals surface area contributed by atoms with Crippen LogP contribution in [0.2, 0.25) is 0 Å². The van der Waals surface area contributed by atoms with Crippen LogP contribution in [-0.2, 0) is 11.8 Å². The molecule has 0 radical (unpaired) electrons. The highest BCUT2D eigenvalue weighted by Crippen LogP contribution is 2.29. The first-order valence-electron chi connectivity index (χ1n) is 8.91. The van der Waals surface area contributed by atoms with Gasteiger partial charge in [0.25, 0.3) is 0 Å². The van der Waals surface area contributed by atoms with Crippen molar-refractivity contribution >= 4 is 17.7 Å². The molecule has 0 saturated carbocycles. The second-order valence-corrected chi connectivity index (χ2v) is 7.62. The number of carbonyl (C=O) groups is 1. The summed E-state index contributed by atoms with van der Waals surface area (Å²) in [6, 6.07) is 5.42. The van der Waals surface area contributed by atoms with Gasteiger partial charge in [-0.15, -0.1) is 0 Å². The third kappa shape index (κ3) is 4.95. The number of ether oxygens (including phenoxy) is 2. The number of thioether (sulfide) groups is 1. The van der Waals surface area contributed by atoms with E-state index in [1.54, 1.807) is 20.4 Å². The van der Waals surface area contributed by atoms with E-state index in [1.165, 1.54) is 0 Å². The summed E-state index contributed by atoms with van der Waals surface area (Å²) in [5.41, 5.74) is 0.861. The zero-order valence-electron chi connectivity index (χ0n) is 15.9. The summed E-state index contributed by atoms with van der Waals surface area (Å²) in [4.78, 5) is 17.2. The average molecular weight is 391 g/mol. The van der Waals surface area contributed by atoms with Gasteiger partial charge < -0.3 is 24.7 Å². The van der Waals surface area contributed by atoms with E-state index in [4.69, 9.17) is 9.47 Å². The molecule has 1 saturated heterocycles. The standard InChI is InChI=1S/C19H26N4O3S/c1-23-6-4-21-19(23)18(13-8-15(25-2)11-16(9-13)26-3)22-17(24)10-14-12-27-7-5-20-14/h4,6,8-9,11,14,18,20H,5,7,10,12H2,1-3H3,(H,22,24). The van der Waals surface area contributed by atoms with Crippen molar-refractivity contribution in [2.24, 2.45) is 7.05 Å². The number of aryl methyl sites for hydroxylation is 1. The van der Waals surface area contributed by atoms with Crippen LogP contribution in [0.4, 0.5) is 0 Å². The number of rotatable bonds is 7. The lowest BCUT2D eigenvalue weighted by atomic mass is 10.0. The summed E-state index contributed by atoms with van der Waals surface area (Å²) in [7, 11) is 5.14. The number of imidazole rings is 1. The minimum absolute atomic E-state index is 0.00946. The predicted molar refractivity (Wildman–Crippen MR) is 106 cm³/mol. The molecule has 1 aliphatic heterocycles. The lowest BCUT2D eigenvalue weighted by Gasteiger charge is -2.25. The van der Waals surface area contributed by atoms with Crippen LogP contribution in [0.1, 0.15) is 23.9 Å². The smallest absolute Gasteiger partial charge is 0.222 e.